The lowest BCUT2D eigenvalue weighted by Gasteiger charge is -2.20. The van der Waals surface area contributed by atoms with Gasteiger partial charge in [0.2, 0.25) is 5.91 Å². The summed E-state index contributed by atoms with van der Waals surface area (Å²) in [6.07, 6.45) is 3.87. The van der Waals surface area contributed by atoms with Gasteiger partial charge >= 0.3 is 0 Å². The molecule has 5 rings (SSSR count). The van der Waals surface area contributed by atoms with E-state index in [4.69, 9.17) is 4.98 Å². The summed E-state index contributed by atoms with van der Waals surface area (Å²) in [5.74, 6) is 0.917. The highest BCUT2D eigenvalue weighted by Gasteiger charge is 2.22. The van der Waals surface area contributed by atoms with E-state index in [2.05, 4.69) is 10.2 Å². The molecule has 0 saturated carbocycles. The highest BCUT2D eigenvalue weighted by Crippen LogP contribution is 2.26. The maximum absolute atomic E-state index is 13.2. The molecule has 2 aliphatic heterocycles. The standard InChI is InChI=1S/C26H28N4O2/c31-24-8-5-15-30(24)18-20-11-9-19(10-12-20)17-27-26(32)22-16-21-6-1-2-7-23(21)28-25(22)29-13-3-4-14-29/h1-2,6-7,9-12,16H,3-5,8,13-15,17-18H2,(H,27,32). The quantitative estimate of drug-likeness (QED) is 0.647. The van der Waals surface area contributed by atoms with Gasteiger partial charge in [-0.1, -0.05) is 42.5 Å². The number of anilines is 1. The Morgan fingerprint density at radius 3 is 2.44 bits per heavy atom. The maximum atomic E-state index is 13.2. The number of nitrogens with one attached hydrogen (secondary N) is 1. The van der Waals surface area contributed by atoms with Crippen molar-refractivity contribution in [3.63, 3.8) is 0 Å². The number of benzene rings is 2. The lowest BCUT2D eigenvalue weighted by Crippen LogP contribution is -2.28. The zero-order valence-electron chi connectivity index (χ0n) is 18.2. The summed E-state index contributed by atoms with van der Waals surface area (Å²) in [7, 11) is 0. The Bertz CT molecular complexity index is 1140. The Labute approximate surface area is 188 Å². The number of hydrogen-bond acceptors (Lipinski definition) is 4. The average Bonchev–Trinajstić information content (AvgIpc) is 3.50. The first-order valence-corrected chi connectivity index (χ1v) is 11.5. The van der Waals surface area contributed by atoms with Crippen molar-refractivity contribution in [3.8, 4) is 0 Å². The second kappa shape index (κ2) is 8.99. The highest BCUT2D eigenvalue weighted by molar-refractivity contribution is 6.02. The van der Waals surface area contributed by atoms with Crippen LogP contribution < -0.4 is 10.2 Å². The summed E-state index contributed by atoms with van der Waals surface area (Å²) >= 11 is 0. The van der Waals surface area contributed by atoms with Crippen molar-refractivity contribution in [1.29, 1.82) is 0 Å². The van der Waals surface area contributed by atoms with Gasteiger partial charge in [-0.3, -0.25) is 9.59 Å². The lowest BCUT2D eigenvalue weighted by atomic mass is 10.1. The maximum Gasteiger partial charge on any atom is 0.255 e. The second-order valence-electron chi connectivity index (χ2n) is 8.66. The van der Waals surface area contributed by atoms with E-state index in [-0.39, 0.29) is 11.8 Å². The van der Waals surface area contributed by atoms with Crippen molar-refractivity contribution in [1.82, 2.24) is 15.2 Å². The van der Waals surface area contributed by atoms with Crippen LogP contribution in [0.25, 0.3) is 10.9 Å². The Balaban J connectivity index is 1.29. The molecule has 0 bridgehead atoms. The van der Waals surface area contributed by atoms with E-state index in [1.807, 2.05) is 59.5 Å². The van der Waals surface area contributed by atoms with Crippen LogP contribution in [0.1, 0.15) is 47.2 Å². The normalized spacial score (nSPS) is 16.2. The molecule has 0 atom stereocenters. The number of carbonyl (C=O) groups is 2. The number of aromatic nitrogens is 1. The SMILES string of the molecule is O=C(NCc1ccc(CN2CCCC2=O)cc1)c1cc2ccccc2nc1N1CCCC1. The van der Waals surface area contributed by atoms with Crippen molar-refractivity contribution < 1.29 is 9.59 Å². The molecule has 1 aromatic heterocycles. The first kappa shape index (κ1) is 20.5. The van der Waals surface area contributed by atoms with Crippen molar-refractivity contribution in [2.24, 2.45) is 0 Å². The molecule has 0 spiro atoms. The van der Waals surface area contributed by atoms with Gasteiger partial charge in [-0.05, 0) is 42.5 Å². The lowest BCUT2D eigenvalue weighted by molar-refractivity contribution is -0.128. The molecule has 0 unspecified atom stereocenters. The number of fused-ring (bicyclic) bond motifs is 1. The number of carbonyl (C=O) groups excluding carboxylic acids is 2. The van der Waals surface area contributed by atoms with Gasteiger partial charge in [0.25, 0.3) is 5.91 Å². The Kier molecular flexibility index (Phi) is 5.75. The van der Waals surface area contributed by atoms with Gasteiger partial charge in [-0.2, -0.15) is 0 Å². The number of rotatable bonds is 6. The van der Waals surface area contributed by atoms with Crippen LogP contribution in [-0.2, 0) is 17.9 Å². The van der Waals surface area contributed by atoms with Crippen molar-refractivity contribution in [2.75, 3.05) is 24.5 Å². The average molecular weight is 429 g/mol. The van der Waals surface area contributed by atoms with Gasteiger partial charge in [0, 0.05) is 44.5 Å². The van der Waals surface area contributed by atoms with Crippen LogP contribution in [0.3, 0.4) is 0 Å². The predicted octanol–water partition coefficient (Wildman–Crippen LogP) is 3.89. The van der Waals surface area contributed by atoms with Gasteiger partial charge in [0.05, 0.1) is 11.1 Å². The number of hydrogen-bond donors (Lipinski definition) is 1. The minimum atomic E-state index is -0.100. The molecule has 2 amide bonds. The van der Waals surface area contributed by atoms with Crippen LogP contribution in [0.5, 0.6) is 0 Å². The molecule has 164 valence electrons. The molecule has 32 heavy (non-hydrogen) atoms. The summed E-state index contributed by atoms with van der Waals surface area (Å²) in [4.78, 5) is 33.9. The molecule has 2 aliphatic rings. The van der Waals surface area contributed by atoms with Crippen LogP contribution in [0.4, 0.5) is 5.82 Å². The monoisotopic (exact) mass is 428 g/mol. The van der Waals surface area contributed by atoms with E-state index in [1.54, 1.807) is 0 Å². The first-order valence-electron chi connectivity index (χ1n) is 11.5. The summed E-state index contributed by atoms with van der Waals surface area (Å²) in [5, 5.41) is 4.05. The Morgan fingerprint density at radius 2 is 1.69 bits per heavy atom. The minimum Gasteiger partial charge on any atom is -0.356 e. The largest absolute Gasteiger partial charge is 0.356 e. The Hall–Kier alpha value is -3.41. The van der Waals surface area contributed by atoms with Crippen LogP contribution in [-0.4, -0.2) is 41.3 Å². The molecule has 3 aromatic rings. The zero-order valence-corrected chi connectivity index (χ0v) is 18.2. The van der Waals surface area contributed by atoms with Crippen molar-refractivity contribution in [3.05, 3.63) is 71.3 Å². The smallest absolute Gasteiger partial charge is 0.255 e. The molecule has 3 heterocycles. The molecule has 2 aromatic carbocycles. The van der Waals surface area contributed by atoms with Gasteiger partial charge in [-0.25, -0.2) is 4.98 Å². The third-order valence-corrected chi connectivity index (χ3v) is 6.37. The highest BCUT2D eigenvalue weighted by atomic mass is 16.2. The van der Waals surface area contributed by atoms with E-state index in [0.717, 1.165) is 66.7 Å². The van der Waals surface area contributed by atoms with E-state index in [0.29, 0.717) is 25.1 Å². The van der Waals surface area contributed by atoms with E-state index >= 15 is 0 Å². The number of nitrogens with zero attached hydrogens (tertiary/aromatic N) is 3. The fourth-order valence-corrected chi connectivity index (χ4v) is 4.57. The zero-order chi connectivity index (χ0) is 21.9. The molecule has 2 saturated heterocycles. The van der Waals surface area contributed by atoms with Gasteiger partial charge in [0.1, 0.15) is 5.82 Å². The number of likely N-dealkylation sites (tertiary alicyclic amines) is 1. The Morgan fingerprint density at radius 1 is 0.938 bits per heavy atom. The van der Waals surface area contributed by atoms with Crippen LogP contribution >= 0.6 is 0 Å². The molecular weight excluding hydrogens is 400 g/mol. The summed E-state index contributed by atoms with van der Waals surface area (Å²) in [5.41, 5.74) is 3.70. The number of pyridine rings is 1. The molecule has 0 aliphatic carbocycles. The second-order valence-corrected chi connectivity index (χ2v) is 8.66. The van der Waals surface area contributed by atoms with E-state index in [1.165, 1.54) is 0 Å². The number of amides is 2. The molecule has 1 N–H and O–H groups in total. The third kappa shape index (κ3) is 4.31. The van der Waals surface area contributed by atoms with Gasteiger partial charge in [-0.15, -0.1) is 0 Å². The minimum absolute atomic E-state index is 0.100. The first-order chi connectivity index (χ1) is 15.7. The topological polar surface area (TPSA) is 65.5 Å². The van der Waals surface area contributed by atoms with E-state index in [9.17, 15) is 9.59 Å². The third-order valence-electron chi connectivity index (χ3n) is 6.37. The molecule has 6 nitrogen and oxygen atoms in total. The van der Waals surface area contributed by atoms with E-state index < -0.39 is 0 Å². The molecule has 2 fully saturated rings. The van der Waals surface area contributed by atoms with Crippen molar-refractivity contribution >= 4 is 28.5 Å². The molecule has 6 heteroatoms. The van der Waals surface area contributed by atoms with Crippen molar-refractivity contribution in [2.45, 2.75) is 38.8 Å². The van der Waals surface area contributed by atoms with Gasteiger partial charge in [0.15, 0.2) is 0 Å². The molecule has 0 radical (unpaired) electrons. The van der Waals surface area contributed by atoms with Crippen LogP contribution in [0, 0.1) is 0 Å². The van der Waals surface area contributed by atoms with Crippen LogP contribution in [0.2, 0.25) is 0 Å². The van der Waals surface area contributed by atoms with Gasteiger partial charge < -0.3 is 15.1 Å². The summed E-state index contributed by atoms with van der Waals surface area (Å²) in [6.45, 7) is 3.83. The number of para-hydroxylation sites is 1. The van der Waals surface area contributed by atoms with Crippen LogP contribution in [0.15, 0.2) is 54.6 Å². The fourth-order valence-electron chi connectivity index (χ4n) is 4.57. The fraction of sp³-hybridized carbons (Fsp3) is 0.346. The summed E-state index contributed by atoms with van der Waals surface area (Å²) in [6, 6.07) is 18.0. The molecular formula is C26H28N4O2. The predicted molar refractivity (Wildman–Crippen MR) is 125 cm³/mol. The summed E-state index contributed by atoms with van der Waals surface area (Å²) < 4.78 is 0.